The first kappa shape index (κ1) is 22.6. The van der Waals surface area contributed by atoms with Gasteiger partial charge in [0, 0.05) is 18.9 Å². The topological polar surface area (TPSA) is 125 Å². The van der Waals surface area contributed by atoms with Crippen LogP contribution < -0.4 is 5.32 Å². The highest BCUT2D eigenvalue weighted by molar-refractivity contribution is 5.77. The molecule has 1 saturated carbocycles. The van der Waals surface area contributed by atoms with Crippen molar-refractivity contribution in [2.75, 3.05) is 19.6 Å². The second kappa shape index (κ2) is 12.0. The van der Waals surface area contributed by atoms with Crippen LogP contribution in [0, 0.1) is 6.92 Å². The number of aryl methyl sites for hydroxylation is 1. The van der Waals surface area contributed by atoms with Crippen LogP contribution in [0.1, 0.15) is 32.5 Å². The lowest BCUT2D eigenvalue weighted by Gasteiger charge is -2.26. The fraction of sp³-hybridized carbons (Fsp3) is 0.625. The zero-order valence-corrected chi connectivity index (χ0v) is 15.0. The van der Waals surface area contributed by atoms with Gasteiger partial charge in [-0.25, -0.2) is 4.98 Å². The van der Waals surface area contributed by atoms with E-state index in [4.69, 9.17) is 19.8 Å². The molecule has 0 unspecified atom stereocenters. The van der Waals surface area contributed by atoms with Gasteiger partial charge in [-0.15, -0.1) is 0 Å². The highest BCUT2D eigenvalue weighted by atomic mass is 16.3. The van der Waals surface area contributed by atoms with Gasteiger partial charge in [-0.2, -0.15) is 0 Å². The molecule has 1 aromatic rings. The minimum absolute atomic E-state index is 0.0254. The maximum atomic E-state index is 12.1. The minimum atomic E-state index is -0.250. The number of nitrogens with one attached hydrogen (secondary N) is 1. The Morgan fingerprint density at radius 3 is 2.20 bits per heavy atom. The van der Waals surface area contributed by atoms with Gasteiger partial charge in [0.25, 0.3) is 12.9 Å². The number of nitrogens with zero attached hydrogens (tertiary/aromatic N) is 3. The molecule has 0 spiro atoms. The molecule has 1 aliphatic rings. The van der Waals surface area contributed by atoms with Gasteiger partial charge in [0.05, 0.1) is 5.54 Å². The van der Waals surface area contributed by atoms with Crippen molar-refractivity contribution in [3.8, 4) is 0 Å². The molecular weight excluding hydrogens is 328 g/mol. The molecule has 0 atom stereocenters. The number of aromatic nitrogens is 2. The third-order valence-electron chi connectivity index (χ3n) is 3.92. The number of carbonyl (C=O) groups excluding carboxylic acids is 1. The van der Waals surface area contributed by atoms with Crippen LogP contribution in [0.5, 0.6) is 0 Å². The van der Waals surface area contributed by atoms with Crippen molar-refractivity contribution in [3.63, 3.8) is 0 Å². The molecule has 25 heavy (non-hydrogen) atoms. The van der Waals surface area contributed by atoms with E-state index in [-0.39, 0.29) is 24.4 Å². The predicted molar refractivity (Wildman–Crippen MR) is 92.2 cm³/mol. The van der Waals surface area contributed by atoms with Crippen molar-refractivity contribution in [1.29, 1.82) is 0 Å². The molecule has 142 valence electrons. The summed E-state index contributed by atoms with van der Waals surface area (Å²) in [4.78, 5) is 35.3. The second-order valence-electron chi connectivity index (χ2n) is 5.60. The van der Waals surface area contributed by atoms with Crippen LogP contribution in [-0.2, 0) is 20.9 Å². The van der Waals surface area contributed by atoms with Gasteiger partial charge >= 0.3 is 0 Å². The van der Waals surface area contributed by atoms with Crippen molar-refractivity contribution in [2.45, 2.75) is 45.7 Å². The quantitative estimate of drug-likeness (QED) is 0.610. The van der Waals surface area contributed by atoms with E-state index >= 15 is 0 Å². The van der Waals surface area contributed by atoms with Crippen LogP contribution >= 0.6 is 0 Å². The number of likely N-dealkylation sites (N-methyl/N-ethyl adjacent to an activating group) is 1. The number of hydrogen-bond acceptors (Lipinski definition) is 5. The number of hydrogen-bond donors (Lipinski definition) is 3. The smallest absolute Gasteiger partial charge is 0.290 e. The summed E-state index contributed by atoms with van der Waals surface area (Å²) in [5.74, 6) is 0.967. The summed E-state index contributed by atoms with van der Waals surface area (Å²) >= 11 is 0. The predicted octanol–water partition coefficient (Wildman–Crippen LogP) is 0.584. The SMILES string of the molecule is CCN(CC)CC1(NC(=O)Cn2ccnc2C)CC1.O=CO.O=CO. The summed E-state index contributed by atoms with van der Waals surface area (Å²) in [5.41, 5.74) is 0.0254. The van der Waals surface area contributed by atoms with Crippen LogP contribution in [0.3, 0.4) is 0 Å². The van der Waals surface area contributed by atoms with Crippen molar-refractivity contribution >= 4 is 18.9 Å². The lowest BCUT2D eigenvalue weighted by Crippen LogP contribution is -2.46. The first-order valence-corrected chi connectivity index (χ1v) is 8.08. The summed E-state index contributed by atoms with van der Waals surface area (Å²) < 4.78 is 1.88. The van der Waals surface area contributed by atoms with Crippen molar-refractivity contribution in [3.05, 3.63) is 18.2 Å². The van der Waals surface area contributed by atoms with Gasteiger partial charge in [-0.1, -0.05) is 13.8 Å². The molecule has 0 bridgehead atoms. The Kier molecular flexibility index (Phi) is 10.9. The standard InChI is InChI=1S/C14H24N4O.2CH2O2/c1-4-17(5-2)11-14(6-7-14)16-13(19)10-18-9-8-15-12(18)3;2*2-1-3/h8-9H,4-7,10-11H2,1-3H3,(H,16,19);2*1H,(H,2,3). The van der Waals surface area contributed by atoms with E-state index in [1.807, 2.05) is 17.7 Å². The average Bonchev–Trinajstić information content (AvgIpc) is 3.20. The van der Waals surface area contributed by atoms with E-state index in [1.165, 1.54) is 0 Å². The summed E-state index contributed by atoms with van der Waals surface area (Å²) in [6, 6.07) is 0. The van der Waals surface area contributed by atoms with Gasteiger partial charge in [0.2, 0.25) is 5.91 Å². The lowest BCUT2D eigenvalue weighted by molar-refractivity contribution is -0.123. The molecule has 2 rings (SSSR count). The Morgan fingerprint density at radius 2 is 1.84 bits per heavy atom. The maximum Gasteiger partial charge on any atom is 0.290 e. The molecule has 0 radical (unpaired) electrons. The van der Waals surface area contributed by atoms with E-state index < -0.39 is 0 Å². The highest BCUT2D eigenvalue weighted by Gasteiger charge is 2.44. The van der Waals surface area contributed by atoms with Crippen molar-refractivity contribution in [1.82, 2.24) is 19.8 Å². The Balaban J connectivity index is 0.000000844. The van der Waals surface area contributed by atoms with Gasteiger partial charge in [0.15, 0.2) is 0 Å². The summed E-state index contributed by atoms with van der Waals surface area (Å²) in [6.07, 6.45) is 5.76. The van der Waals surface area contributed by atoms with Crippen LogP contribution in [0.25, 0.3) is 0 Å². The summed E-state index contributed by atoms with van der Waals surface area (Å²) in [7, 11) is 0. The zero-order chi connectivity index (χ0) is 19.3. The fourth-order valence-corrected chi connectivity index (χ4v) is 2.41. The van der Waals surface area contributed by atoms with E-state index in [0.29, 0.717) is 6.54 Å². The van der Waals surface area contributed by atoms with Crippen molar-refractivity contribution < 1.29 is 24.6 Å². The number of imidazole rings is 1. The number of carboxylic acid groups (broad SMARTS) is 2. The van der Waals surface area contributed by atoms with E-state index in [2.05, 4.69) is 29.0 Å². The monoisotopic (exact) mass is 356 g/mol. The number of rotatable bonds is 7. The average molecular weight is 356 g/mol. The number of amides is 1. The molecule has 1 amide bonds. The van der Waals surface area contributed by atoms with Crippen LogP contribution in [0.4, 0.5) is 0 Å². The molecule has 9 heteroatoms. The Morgan fingerprint density at radius 1 is 1.32 bits per heavy atom. The summed E-state index contributed by atoms with van der Waals surface area (Å²) in [6.45, 7) is 9.15. The molecule has 9 nitrogen and oxygen atoms in total. The molecule has 0 aromatic carbocycles. The third kappa shape index (κ3) is 8.85. The van der Waals surface area contributed by atoms with E-state index in [1.54, 1.807) is 6.20 Å². The second-order valence-corrected chi connectivity index (χ2v) is 5.60. The van der Waals surface area contributed by atoms with Gasteiger partial charge < -0.3 is 25.0 Å². The first-order valence-electron chi connectivity index (χ1n) is 8.08. The van der Waals surface area contributed by atoms with Crippen LogP contribution in [-0.4, -0.2) is 68.7 Å². The maximum absolute atomic E-state index is 12.1. The van der Waals surface area contributed by atoms with Gasteiger partial charge in [-0.05, 0) is 32.9 Å². The Labute approximate surface area is 147 Å². The first-order chi connectivity index (χ1) is 11.9. The molecule has 0 aliphatic heterocycles. The van der Waals surface area contributed by atoms with Crippen molar-refractivity contribution in [2.24, 2.45) is 0 Å². The number of carbonyl (C=O) groups is 3. The fourth-order valence-electron chi connectivity index (χ4n) is 2.41. The van der Waals surface area contributed by atoms with E-state index in [9.17, 15) is 4.79 Å². The Bertz CT molecular complexity index is 518. The minimum Gasteiger partial charge on any atom is -0.483 e. The zero-order valence-electron chi connectivity index (χ0n) is 15.0. The molecule has 3 N–H and O–H groups in total. The van der Waals surface area contributed by atoms with Crippen LogP contribution in [0.2, 0.25) is 0 Å². The van der Waals surface area contributed by atoms with E-state index in [0.717, 1.165) is 38.3 Å². The Hall–Kier alpha value is -2.42. The molecule has 1 heterocycles. The molecule has 0 saturated heterocycles. The van der Waals surface area contributed by atoms with Gasteiger partial charge in [0.1, 0.15) is 12.4 Å². The molecular formula is C16H28N4O5. The third-order valence-corrected chi connectivity index (χ3v) is 3.92. The van der Waals surface area contributed by atoms with Crippen LogP contribution in [0.15, 0.2) is 12.4 Å². The lowest BCUT2D eigenvalue weighted by atomic mass is 10.2. The largest absolute Gasteiger partial charge is 0.483 e. The molecule has 1 aliphatic carbocycles. The van der Waals surface area contributed by atoms with Gasteiger partial charge in [-0.3, -0.25) is 14.4 Å². The highest BCUT2D eigenvalue weighted by Crippen LogP contribution is 2.36. The summed E-state index contributed by atoms with van der Waals surface area (Å²) in [5, 5.41) is 17.0. The normalized spacial score (nSPS) is 13.6. The molecule has 1 aromatic heterocycles. The molecule has 1 fully saturated rings.